The molecule has 0 aromatic rings. The molecule has 0 aliphatic carbocycles. The van der Waals surface area contributed by atoms with Gasteiger partial charge in [-0.05, 0) is 109 Å². The molecule has 0 saturated carbocycles. The molecule has 0 aliphatic heterocycles. The molecule has 0 rings (SSSR count). The van der Waals surface area contributed by atoms with Crippen molar-refractivity contribution >= 4 is 17.9 Å². The summed E-state index contributed by atoms with van der Waals surface area (Å²) in [6.45, 7) is 6.30. The van der Waals surface area contributed by atoms with Crippen molar-refractivity contribution in [2.45, 2.75) is 239 Å². The monoisotopic (exact) mass is 915 g/mol. The Kier molecular flexibility index (Phi) is 50.5. The van der Waals surface area contributed by atoms with Crippen molar-refractivity contribution < 1.29 is 28.6 Å². The second-order valence-corrected chi connectivity index (χ2v) is 17.4. The van der Waals surface area contributed by atoms with E-state index in [1.165, 1.54) is 83.5 Å². The summed E-state index contributed by atoms with van der Waals surface area (Å²) in [6, 6.07) is 0. The maximum atomic E-state index is 12.8. The smallest absolute Gasteiger partial charge is 0.306 e. The van der Waals surface area contributed by atoms with Gasteiger partial charge in [0.1, 0.15) is 13.2 Å². The fourth-order valence-electron chi connectivity index (χ4n) is 7.03. The Labute approximate surface area is 406 Å². The number of esters is 3. The third-order valence-corrected chi connectivity index (χ3v) is 11.0. The van der Waals surface area contributed by atoms with Crippen LogP contribution in [0.15, 0.2) is 109 Å². The number of allylic oxidation sites excluding steroid dienone is 18. The van der Waals surface area contributed by atoms with Crippen LogP contribution in [-0.2, 0) is 28.6 Å². The Hall–Kier alpha value is -3.93. The Morgan fingerprint density at radius 1 is 0.318 bits per heavy atom. The summed E-state index contributed by atoms with van der Waals surface area (Å²) < 4.78 is 16.7. The molecule has 0 aliphatic rings. The molecule has 0 N–H and O–H groups in total. The topological polar surface area (TPSA) is 78.9 Å². The SMILES string of the molecule is CC/C=C\C/C=C\C/C=C\C/C=C\CCCCCCCCCCCCC(=O)OCC(COC(=O)CCCCCCC/C=C\CCCCC)OC(=O)CC/C=C\C/C=C\C/C=C\C/C=C\CC. The van der Waals surface area contributed by atoms with E-state index in [2.05, 4.69) is 118 Å². The number of carbonyl (C=O) groups is 3. The summed E-state index contributed by atoms with van der Waals surface area (Å²) in [5, 5.41) is 0. The average molecular weight is 915 g/mol. The lowest BCUT2D eigenvalue weighted by molar-refractivity contribution is -0.166. The van der Waals surface area contributed by atoms with Crippen LogP contribution in [0.2, 0.25) is 0 Å². The molecule has 1 unspecified atom stereocenters. The van der Waals surface area contributed by atoms with Crippen molar-refractivity contribution in [3.63, 3.8) is 0 Å². The third-order valence-electron chi connectivity index (χ3n) is 11.0. The normalized spacial score (nSPS) is 13.0. The predicted molar refractivity (Wildman–Crippen MR) is 283 cm³/mol. The lowest BCUT2D eigenvalue weighted by atomic mass is 10.1. The van der Waals surface area contributed by atoms with Crippen molar-refractivity contribution in [1.29, 1.82) is 0 Å². The molecule has 374 valence electrons. The molecule has 0 amide bonds. The van der Waals surface area contributed by atoms with Gasteiger partial charge < -0.3 is 14.2 Å². The molecule has 0 heterocycles. The van der Waals surface area contributed by atoms with E-state index in [4.69, 9.17) is 14.2 Å². The largest absolute Gasteiger partial charge is 0.462 e. The van der Waals surface area contributed by atoms with Crippen LogP contribution in [0.5, 0.6) is 0 Å². The molecule has 0 spiro atoms. The van der Waals surface area contributed by atoms with Crippen molar-refractivity contribution in [2.24, 2.45) is 0 Å². The van der Waals surface area contributed by atoms with E-state index in [9.17, 15) is 14.4 Å². The quantitative estimate of drug-likeness (QED) is 0.0262. The molecule has 6 nitrogen and oxygen atoms in total. The maximum absolute atomic E-state index is 12.8. The zero-order chi connectivity index (χ0) is 47.9. The van der Waals surface area contributed by atoms with Crippen molar-refractivity contribution in [3.05, 3.63) is 109 Å². The second kappa shape index (κ2) is 53.7. The van der Waals surface area contributed by atoms with Gasteiger partial charge in [0.05, 0.1) is 0 Å². The van der Waals surface area contributed by atoms with Gasteiger partial charge in [0.25, 0.3) is 0 Å². The van der Waals surface area contributed by atoms with Gasteiger partial charge in [-0.25, -0.2) is 0 Å². The van der Waals surface area contributed by atoms with Gasteiger partial charge in [-0.1, -0.05) is 214 Å². The maximum Gasteiger partial charge on any atom is 0.306 e. The molecule has 0 aromatic heterocycles. The van der Waals surface area contributed by atoms with Gasteiger partial charge in [0, 0.05) is 19.3 Å². The minimum Gasteiger partial charge on any atom is -0.462 e. The van der Waals surface area contributed by atoms with Crippen LogP contribution in [-0.4, -0.2) is 37.2 Å². The van der Waals surface area contributed by atoms with E-state index in [1.807, 2.05) is 12.2 Å². The molecule has 1 atom stereocenters. The highest BCUT2D eigenvalue weighted by atomic mass is 16.6. The Bertz CT molecular complexity index is 1370. The molecule has 0 bridgehead atoms. The van der Waals surface area contributed by atoms with Crippen molar-refractivity contribution in [2.75, 3.05) is 13.2 Å². The van der Waals surface area contributed by atoms with E-state index < -0.39 is 12.1 Å². The Balaban J connectivity index is 4.38. The van der Waals surface area contributed by atoms with Gasteiger partial charge >= 0.3 is 17.9 Å². The zero-order valence-electron chi connectivity index (χ0n) is 42.7. The van der Waals surface area contributed by atoms with Crippen LogP contribution in [0.25, 0.3) is 0 Å². The first-order valence-electron chi connectivity index (χ1n) is 26.9. The van der Waals surface area contributed by atoms with E-state index >= 15 is 0 Å². The fourth-order valence-corrected chi connectivity index (χ4v) is 7.03. The van der Waals surface area contributed by atoms with Gasteiger partial charge in [0.15, 0.2) is 6.10 Å². The summed E-state index contributed by atoms with van der Waals surface area (Å²) in [4.78, 5) is 38.0. The summed E-state index contributed by atoms with van der Waals surface area (Å²) in [7, 11) is 0. The minimum atomic E-state index is -0.822. The van der Waals surface area contributed by atoms with Crippen LogP contribution in [0.3, 0.4) is 0 Å². The van der Waals surface area contributed by atoms with Crippen LogP contribution >= 0.6 is 0 Å². The molecular weight excluding hydrogens is 817 g/mol. The van der Waals surface area contributed by atoms with Gasteiger partial charge in [-0.3, -0.25) is 14.4 Å². The lowest BCUT2D eigenvalue weighted by Crippen LogP contribution is -2.30. The van der Waals surface area contributed by atoms with E-state index in [1.54, 1.807) is 0 Å². The van der Waals surface area contributed by atoms with Gasteiger partial charge in [-0.2, -0.15) is 0 Å². The summed E-state index contributed by atoms with van der Waals surface area (Å²) >= 11 is 0. The summed E-state index contributed by atoms with van der Waals surface area (Å²) in [5.41, 5.74) is 0. The van der Waals surface area contributed by atoms with Gasteiger partial charge in [0.2, 0.25) is 0 Å². The van der Waals surface area contributed by atoms with Crippen LogP contribution in [0.1, 0.15) is 233 Å². The van der Waals surface area contributed by atoms with E-state index in [0.717, 1.165) is 103 Å². The van der Waals surface area contributed by atoms with Gasteiger partial charge in [-0.15, -0.1) is 0 Å². The first kappa shape index (κ1) is 62.1. The van der Waals surface area contributed by atoms with Crippen molar-refractivity contribution in [3.8, 4) is 0 Å². The molecule has 0 radical (unpaired) electrons. The highest BCUT2D eigenvalue weighted by molar-refractivity contribution is 5.71. The fraction of sp³-hybridized carbons (Fsp3) is 0.650. The Morgan fingerprint density at radius 3 is 1.00 bits per heavy atom. The predicted octanol–water partition coefficient (Wildman–Crippen LogP) is 17.9. The zero-order valence-corrected chi connectivity index (χ0v) is 42.7. The molecule has 0 aromatic carbocycles. The minimum absolute atomic E-state index is 0.113. The lowest BCUT2D eigenvalue weighted by Gasteiger charge is -2.18. The molecule has 0 fully saturated rings. The Morgan fingerprint density at radius 2 is 0.621 bits per heavy atom. The van der Waals surface area contributed by atoms with Crippen LogP contribution in [0, 0.1) is 0 Å². The second-order valence-electron chi connectivity index (χ2n) is 17.4. The average Bonchev–Trinajstić information content (AvgIpc) is 3.31. The van der Waals surface area contributed by atoms with Crippen LogP contribution in [0.4, 0.5) is 0 Å². The van der Waals surface area contributed by atoms with Crippen LogP contribution < -0.4 is 0 Å². The third kappa shape index (κ3) is 51.1. The molecule has 0 saturated heterocycles. The molecule has 66 heavy (non-hydrogen) atoms. The molecular formula is C60H98O6. The molecule has 6 heteroatoms. The number of unbranched alkanes of at least 4 members (excludes halogenated alkanes) is 18. The van der Waals surface area contributed by atoms with E-state index in [-0.39, 0.29) is 31.6 Å². The number of carbonyl (C=O) groups excluding carboxylic acids is 3. The summed E-state index contributed by atoms with van der Waals surface area (Å²) in [5.74, 6) is -1.01. The standard InChI is InChI=1S/C60H98O6/c1-4-7-10-13-16-19-22-25-26-27-28-29-30-31-32-33-34-36-38-41-44-47-50-53-59(62)65-56-57(55-64-58(61)52-49-46-43-40-37-24-21-18-15-12-9-6-3)66-60(63)54-51-48-45-42-39-35-23-20-17-14-11-8-5-2/h7-8,10-11,16-21,25-26,28-29,35,39,45,48,57H,4-6,9,12-15,22-24,27,30-34,36-38,40-44,46-47,49-56H2,1-3H3/b10-7-,11-8-,19-16-,20-17-,21-18-,26-25-,29-28-,39-35-,48-45-. The highest BCUT2D eigenvalue weighted by Crippen LogP contribution is 2.14. The highest BCUT2D eigenvalue weighted by Gasteiger charge is 2.19. The number of hydrogen-bond donors (Lipinski definition) is 0. The number of rotatable bonds is 47. The number of ether oxygens (including phenoxy) is 3. The van der Waals surface area contributed by atoms with Crippen molar-refractivity contribution in [1.82, 2.24) is 0 Å². The first-order valence-corrected chi connectivity index (χ1v) is 26.9. The first-order chi connectivity index (χ1) is 32.5. The number of hydrogen-bond acceptors (Lipinski definition) is 6. The summed E-state index contributed by atoms with van der Waals surface area (Å²) in [6.07, 6.45) is 72.4. The van der Waals surface area contributed by atoms with E-state index in [0.29, 0.717) is 19.3 Å².